The first-order valence-corrected chi connectivity index (χ1v) is 31.8. The predicted octanol–water partition coefficient (Wildman–Crippen LogP) is 17.7. The van der Waals surface area contributed by atoms with Crippen molar-refractivity contribution in [2.75, 3.05) is 40.9 Å². The predicted molar refractivity (Wildman–Crippen MR) is 303 cm³/mol. The standard InChI is InChI=1S/C61H117N2O7P/c1-7-10-13-16-19-22-25-27-29-30-31-32-34-35-38-41-44-47-50-53-60(64)62-58(57-69-71(66,67)68-56-55-63(4,5)6)59(52-49-46-43-40-37-24-21-18-15-12-9-3)70-61(65)54-51-48-45-42-39-36-33-28-26-23-20-17-14-11-8-2/h20,23,26,28,49,52,58-59H,7-19,21-22,24-25,27,29-48,50-51,53-57H2,1-6H3,(H-,62,64,66,67)/b23-20+,28-26+,52-49+. The average molecular weight is 1020 g/mol. The van der Waals surface area contributed by atoms with Crippen molar-refractivity contribution in [1.82, 2.24) is 5.32 Å². The van der Waals surface area contributed by atoms with Crippen molar-refractivity contribution in [3.05, 3.63) is 36.5 Å². The molecule has 3 atom stereocenters. The summed E-state index contributed by atoms with van der Waals surface area (Å²) in [6.45, 7) is 6.83. The lowest BCUT2D eigenvalue weighted by molar-refractivity contribution is -0.870. The first-order chi connectivity index (χ1) is 34.4. The molecule has 0 heterocycles. The lowest BCUT2D eigenvalue weighted by atomic mass is 10.0. The van der Waals surface area contributed by atoms with Gasteiger partial charge in [-0.15, -0.1) is 0 Å². The van der Waals surface area contributed by atoms with Gasteiger partial charge in [0.25, 0.3) is 7.82 Å². The van der Waals surface area contributed by atoms with Gasteiger partial charge in [-0.3, -0.25) is 14.2 Å². The number of quaternary nitrogens is 1. The zero-order valence-corrected chi connectivity index (χ0v) is 48.6. The highest BCUT2D eigenvalue weighted by Gasteiger charge is 2.27. The Hall–Kier alpha value is -1.77. The van der Waals surface area contributed by atoms with Gasteiger partial charge in [-0.1, -0.05) is 257 Å². The minimum Gasteiger partial charge on any atom is -0.756 e. The number of likely N-dealkylation sites (N-methyl/N-ethyl adjacent to an activating group) is 1. The highest BCUT2D eigenvalue weighted by Crippen LogP contribution is 2.38. The van der Waals surface area contributed by atoms with E-state index in [0.29, 0.717) is 17.4 Å². The summed E-state index contributed by atoms with van der Waals surface area (Å²) in [6.07, 6.45) is 61.1. The van der Waals surface area contributed by atoms with Gasteiger partial charge in [-0.2, -0.15) is 0 Å². The average Bonchev–Trinajstić information content (AvgIpc) is 3.33. The molecule has 0 aromatic rings. The van der Waals surface area contributed by atoms with Gasteiger partial charge in [0.15, 0.2) is 0 Å². The van der Waals surface area contributed by atoms with Gasteiger partial charge in [-0.25, -0.2) is 0 Å². The monoisotopic (exact) mass is 1020 g/mol. The molecular weight excluding hydrogens is 904 g/mol. The van der Waals surface area contributed by atoms with Crippen LogP contribution in [0.25, 0.3) is 0 Å². The quantitative estimate of drug-likeness (QED) is 0.0161. The van der Waals surface area contributed by atoms with E-state index in [2.05, 4.69) is 50.4 Å². The van der Waals surface area contributed by atoms with E-state index in [9.17, 15) is 19.0 Å². The van der Waals surface area contributed by atoms with Gasteiger partial charge in [0, 0.05) is 12.8 Å². The summed E-state index contributed by atoms with van der Waals surface area (Å²) in [6, 6.07) is -0.888. The van der Waals surface area contributed by atoms with Gasteiger partial charge < -0.3 is 28.5 Å². The van der Waals surface area contributed by atoms with Crippen LogP contribution in [0, 0.1) is 0 Å². The van der Waals surface area contributed by atoms with Gasteiger partial charge in [-0.05, 0) is 57.4 Å². The summed E-state index contributed by atoms with van der Waals surface area (Å²) < 4.78 is 30.3. The summed E-state index contributed by atoms with van der Waals surface area (Å²) in [5.41, 5.74) is 0. The Balaban J connectivity index is 5.22. The molecule has 71 heavy (non-hydrogen) atoms. The van der Waals surface area contributed by atoms with Crippen LogP contribution in [0.5, 0.6) is 0 Å². The van der Waals surface area contributed by atoms with E-state index in [0.717, 1.165) is 77.0 Å². The van der Waals surface area contributed by atoms with Crippen LogP contribution in [0.3, 0.4) is 0 Å². The largest absolute Gasteiger partial charge is 0.756 e. The van der Waals surface area contributed by atoms with Crippen LogP contribution < -0.4 is 10.2 Å². The zero-order valence-electron chi connectivity index (χ0n) is 47.7. The van der Waals surface area contributed by atoms with E-state index in [4.69, 9.17) is 13.8 Å². The maximum Gasteiger partial charge on any atom is 0.306 e. The molecule has 0 aromatic carbocycles. The van der Waals surface area contributed by atoms with E-state index >= 15 is 0 Å². The third-order valence-corrected chi connectivity index (χ3v) is 14.6. The second-order valence-electron chi connectivity index (χ2n) is 21.9. The Bertz CT molecular complexity index is 1310. The second kappa shape index (κ2) is 51.7. The second-order valence-corrected chi connectivity index (χ2v) is 23.3. The number of hydrogen-bond donors (Lipinski definition) is 1. The van der Waals surface area contributed by atoms with Gasteiger partial charge in [0.05, 0.1) is 33.8 Å². The van der Waals surface area contributed by atoms with Crippen LogP contribution in [0.2, 0.25) is 0 Å². The summed E-state index contributed by atoms with van der Waals surface area (Å²) in [4.78, 5) is 39.9. The SMILES string of the molecule is CCCCC/C=C/C=C/CCCCCCCCC(=O)OC(/C=C/CCCCCCCCCCC)C(COP(=O)([O-])OCC[N+](C)(C)C)NC(=O)CCCCCCCCCCCCCCCCCCCCC. The molecule has 0 rings (SSSR count). The summed E-state index contributed by atoms with van der Waals surface area (Å²) in [5.74, 6) is -0.543. The van der Waals surface area contributed by atoms with E-state index in [-0.39, 0.29) is 31.5 Å². The van der Waals surface area contributed by atoms with Crippen LogP contribution in [0.4, 0.5) is 0 Å². The van der Waals surface area contributed by atoms with Gasteiger partial charge in [0.1, 0.15) is 19.3 Å². The number of esters is 1. The molecule has 1 amide bonds. The molecule has 0 fully saturated rings. The fraction of sp³-hybridized carbons (Fsp3) is 0.869. The zero-order chi connectivity index (χ0) is 52.2. The number of carbonyl (C=O) groups is 2. The summed E-state index contributed by atoms with van der Waals surface area (Å²) in [7, 11) is 1.19. The molecule has 0 spiro atoms. The molecule has 0 saturated heterocycles. The Morgan fingerprint density at radius 2 is 0.845 bits per heavy atom. The van der Waals surface area contributed by atoms with Crippen molar-refractivity contribution in [3.8, 4) is 0 Å². The molecule has 9 nitrogen and oxygen atoms in total. The third-order valence-electron chi connectivity index (χ3n) is 13.6. The number of ether oxygens (including phenoxy) is 1. The normalized spacial score (nSPS) is 14.0. The maximum absolute atomic E-state index is 13.5. The fourth-order valence-corrected chi connectivity index (χ4v) is 9.59. The number of unbranched alkanes of at least 4 members (excludes halogenated alkanes) is 36. The molecule has 10 heteroatoms. The van der Waals surface area contributed by atoms with E-state index in [1.165, 1.54) is 180 Å². The van der Waals surface area contributed by atoms with Crippen LogP contribution in [-0.4, -0.2) is 69.4 Å². The lowest BCUT2D eigenvalue weighted by Crippen LogP contribution is -2.47. The van der Waals surface area contributed by atoms with Crippen LogP contribution in [0.15, 0.2) is 36.5 Å². The van der Waals surface area contributed by atoms with Gasteiger partial charge >= 0.3 is 5.97 Å². The number of phosphoric acid groups is 1. The molecule has 0 radical (unpaired) electrons. The van der Waals surface area contributed by atoms with Crippen molar-refractivity contribution >= 4 is 19.7 Å². The number of nitrogens with zero attached hydrogens (tertiary/aromatic N) is 1. The fourth-order valence-electron chi connectivity index (χ4n) is 8.87. The molecule has 0 bridgehead atoms. The minimum atomic E-state index is -4.69. The summed E-state index contributed by atoms with van der Waals surface area (Å²) in [5, 5.41) is 3.03. The van der Waals surface area contributed by atoms with Crippen LogP contribution in [0.1, 0.15) is 290 Å². The van der Waals surface area contributed by atoms with Crippen molar-refractivity contribution < 1.29 is 37.3 Å². The van der Waals surface area contributed by atoms with E-state index in [1.54, 1.807) is 0 Å². The Kier molecular flexibility index (Phi) is 50.4. The van der Waals surface area contributed by atoms with E-state index in [1.807, 2.05) is 33.3 Å². The molecule has 418 valence electrons. The van der Waals surface area contributed by atoms with E-state index < -0.39 is 20.0 Å². The van der Waals surface area contributed by atoms with Crippen LogP contribution in [-0.2, 0) is 27.9 Å². The molecule has 0 saturated carbocycles. The smallest absolute Gasteiger partial charge is 0.306 e. The van der Waals surface area contributed by atoms with Crippen molar-refractivity contribution in [2.24, 2.45) is 0 Å². The topological polar surface area (TPSA) is 114 Å². The summed E-state index contributed by atoms with van der Waals surface area (Å²) >= 11 is 0. The lowest BCUT2D eigenvalue weighted by Gasteiger charge is -2.30. The maximum atomic E-state index is 13.5. The van der Waals surface area contributed by atoms with Crippen molar-refractivity contribution in [3.63, 3.8) is 0 Å². The van der Waals surface area contributed by atoms with Crippen LogP contribution >= 0.6 is 7.82 Å². The first kappa shape index (κ1) is 69.2. The number of hydrogen-bond acceptors (Lipinski definition) is 7. The van der Waals surface area contributed by atoms with Crippen molar-refractivity contribution in [1.29, 1.82) is 0 Å². The highest BCUT2D eigenvalue weighted by atomic mass is 31.2. The Labute approximate surface area is 440 Å². The number of nitrogens with one attached hydrogen (secondary N) is 1. The molecule has 0 aliphatic rings. The Morgan fingerprint density at radius 1 is 0.493 bits per heavy atom. The number of carbonyl (C=O) groups excluding carboxylic acids is 2. The number of phosphoric ester groups is 1. The molecule has 0 aliphatic heterocycles. The van der Waals surface area contributed by atoms with Gasteiger partial charge in [0.2, 0.25) is 5.91 Å². The highest BCUT2D eigenvalue weighted by molar-refractivity contribution is 7.45. The first-order valence-electron chi connectivity index (χ1n) is 30.3. The Morgan fingerprint density at radius 3 is 1.27 bits per heavy atom. The third kappa shape index (κ3) is 52.9. The molecule has 0 aliphatic carbocycles. The molecule has 3 unspecified atom stereocenters. The number of amides is 1. The number of allylic oxidation sites excluding steroid dienone is 5. The minimum absolute atomic E-state index is 0.0222. The van der Waals surface area contributed by atoms with Crippen molar-refractivity contribution in [2.45, 2.75) is 303 Å². The number of rotatable bonds is 55. The molecule has 1 N–H and O–H groups in total. The molecule has 0 aromatic heterocycles. The molecular formula is C61H117N2O7P.